The first-order chi connectivity index (χ1) is 6.84. The van der Waals surface area contributed by atoms with E-state index in [2.05, 4.69) is 9.59 Å². The van der Waals surface area contributed by atoms with Crippen LogP contribution in [0.1, 0.15) is 11.3 Å². The van der Waals surface area contributed by atoms with Crippen molar-refractivity contribution in [3.05, 3.63) is 45.9 Å². The lowest BCUT2D eigenvalue weighted by Crippen LogP contribution is -1.72. The lowest BCUT2D eigenvalue weighted by Gasteiger charge is -1.91. The Labute approximate surface area is 91.0 Å². The number of halogens is 1. The largest absolute Gasteiger partial charge is 0.139 e. The molecule has 1 aromatic heterocycles. The molecule has 2 nitrogen and oxygen atoms in total. The summed E-state index contributed by atoms with van der Waals surface area (Å²) in [4.78, 5) is 0. The number of benzene rings is 1. The van der Waals surface area contributed by atoms with Crippen molar-refractivity contribution in [1.29, 1.82) is 0 Å². The van der Waals surface area contributed by atoms with Crippen LogP contribution < -0.4 is 0 Å². The molecule has 0 aliphatic heterocycles. The van der Waals surface area contributed by atoms with E-state index in [9.17, 15) is 0 Å². The number of hydrogen-bond acceptors (Lipinski definition) is 3. The van der Waals surface area contributed by atoms with Crippen LogP contribution in [0.15, 0.2) is 29.6 Å². The highest BCUT2D eigenvalue weighted by atomic mass is 35.5. The van der Waals surface area contributed by atoms with Gasteiger partial charge in [-0.25, -0.2) is 0 Å². The normalized spacial score (nSPS) is 10.9. The Kier molecular flexibility index (Phi) is 2.91. The predicted molar refractivity (Wildman–Crippen MR) is 60.3 cm³/mol. The van der Waals surface area contributed by atoms with Gasteiger partial charge in [-0.05, 0) is 35.3 Å². The van der Waals surface area contributed by atoms with Gasteiger partial charge in [0.05, 0.1) is 5.69 Å². The van der Waals surface area contributed by atoms with Crippen molar-refractivity contribution in [3.63, 3.8) is 0 Å². The van der Waals surface area contributed by atoms with Gasteiger partial charge in [0.15, 0.2) is 0 Å². The molecule has 4 heteroatoms. The molecule has 0 fully saturated rings. The second kappa shape index (κ2) is 4.35. The van der Waals surface area contributed by atoms with Crippen LogP contribution >= 0.6 is 23.1 Å². The molecule has 0 aliphatic rings. The fourth-order valence-electron chi connectivity index (χ4n) is 1.000. The van der Waals surface area contributed by atoms with E-state index in [1.165, 1.54) is 11.5 Å². The first kappa shape index (κ1) is 9.37. The highest BCUT2D eigenvalue weighted by Crippen LogP contribution is 2.12. The fraction of sp³-hybridized carbons (Fsp3) is 0. The molecule has 2 rings (SSSR count). The quantitative estimate of drug-likeness (QED) is 0.779. The van der Waals surface area contributed by atoms with Crippen molar-refractivity contribution in [2.24, 2.45) is 0 Å². The molecule has 2 aromatic rings. The Bertz CT molecular complexity index is 420. The summed E-state index contributed by atoms with van der Waals surface area (Å²) in [6.45, 7) is 0. The van der Waals surface area contributed by atoms with Crippen molar-refractivity contribution < 1.29 is 0 Å². The van der Waals surface area contributed by atoms with Gasteiger partial charge in [-0.1, -0.05) is 34.3 Å². The maximum Gasteiger partial charge on any atom is 0.0982 e. The van der Waals surface area contributed by atoms with Crippen LogP contribution in [-0.2, 0) is 0 Å². The Morgan fingerprint density at radius 1 is 1.14 bits per heavy atom. The van der Waals surface area contributed by atoms with Gasteiger partial charge in [0.1, 0.15) is 0 Å². The van der Waals surface area contributed by atoms with Crippen LogP contribution in [0.3, 0.4) is 0 Å². The van der Waals surface area contributed by atoms with E-state index in [0.29, 0.717) is 0 Å². The summed E-state index contributed by atoms with van der Waals surface area (Å²) in [5.41, 5.74) is 1.98. The smallest absolute Gasteiger partial charge is 0.0982 e. The van der Waals surface area contributed by atoms with E-state index in [0.717, 1.165) is 16.3 Å². The Morgan fingerprint density at radius 2 is 1.93 bits per heavy atom. The monoisotopic (exact) mass is 222 g/mol. The first-order valence-corrected chi connectivity index (χ1v) is 5.27. The summed E-state index contributed by atoms with van der Waals surface area (Å²) in [5, 5.41) is 6.55. The summed E-state index contributed by atoms with van der Waals surface area (Å²) in [7, 11) is 0. The first-order valence-electron chi connectivity index (χ1n) is 4.05. The van der Waals surface area contributed by atoms with E-state index >= 15 is 0 Å². The third-order valence-electron chi connectivity index (χ3n) is 1.69. The summed E-state index contributed by atoms with van der Waals surface area (Å²) in [6.07, 6.45) is 3.90. The minimum Gasteiger partial charge on any atom is -0.139 e. The predicted octanol–water partition coefficient (Wildman–Crippen LogP) is 3.36. The summed E-state index contributed by atoms with van der Waals surface area (Å²) in [6, 6.07) is 7.64. The molecule has 0 amide bonds. The second-order valence-corrected chi connectivity index (χ2v) is 3.76. The molecule has 0 saturated carbocycles. The number of nitrogens with zero attached hydrogens (tertiary/aromatic N) is 2. The summed E-state index contributed by atoms with van der Waals surface area (Å²) in [5.74, 6) is 0. The van der Waals surface area contributed by atoms with Crippen LogP contribution in [0.5, 0.6) is 0 Å². The molecule has 0 N–H and O–H groups in total. The van der Waals surface area contributed by atoms with E-state index in [1.54, 1.807) is 0 Å². The van der Waals surface area contributed by atoms with E-state index in [-0.39, 0.29) is 0 Å². The SMILES string of the molecule is Clc1ccc(/C=C/c2csnn2)cc1. The van der Waals surface area contributed by atoms with E-state index < -0.39 is 0 Å². The van der Waals surface area contributed by atoms with Gasteiger partial charge in [-0.15, -0.1) is 5.10 Å². The van der Waals surface area contributed by atoms with E-state index in [1.807, 2.05) is 41.8 Å². The Hall–Kier alpha value is -1.19. The zero-order valence-electron chi connectivity index (χ0n) is 7.22. The molecule has 0 bridgehead atoms. The fourth-order valence-corrected chi connectivity index (χ4v) is 1.55. The Morgan fingerprint density at radius 3 is 2.57 bits per heavy atom. The summed E-state index contributed by atoms with van der Waals surface area (Å²) >= 11 is 7.11. The van der Waals surface area contributed by atoms with Crippen LogP contribution in [-0.4, -0.2) is 9.59 Å². The average molecular weight is 223 g/mol. The van der Waals surface area contributed by atoms with Crippen molar-refractivity contribution in [2.75, 3.05) is 0 Å². The molecule has 0 saturated heterocycles. The average Bonchev–Trinajstić information content (AvgIpc) is 2.70. The third kappa shape index (κ3) is 2.40. The molecule has 70 valence electrons. The zero-order valence-corrected chi connectivity index (χ0v) is 8.79. The van der Waals surface area contributed by atoms with Crippen molar-refractivity contribution >= 4 is 35.3 Å². The molecule has 0 radical (unpaired) electrons. The molecule has 1 heterocycles. The van der Waals surface area contributed by atoms with Gasteiger partial charge >= 0.3 is 0 Å². The molecular formula is C10H7ClN2S. The number of aromatic nitrogens is 2. The molecular weight excluding hydrogens is 216 g/mol. The molecule has 0 unspecified atom stereocenters. The minimum absolute atomic E-state index is 0.748. The van der Waals surface area contributed by atoms with Gasteiger partial charge in [0.2, 0.25) is 0 Å². The lowest BCUT2D eigenvalue weighted by molar-refractivity contribution is 1.14. The standard InChI is InChI=1S/C10H7ClN2S/c11-9-4-1-8(2-5-9)3-6-10-7-14-13-12-10/h1-7H/b6-3+. The van der Waals surface area contributed by atoms with Gasteiger partial charge in [-0.2, -0.15) is 0 Å². The maximum atomic E-state index is 5.77. The lowest BCUT2D eigenvalue weighted by atomic mass is 10.2. The highest BCUT2D eigenvalue weighted by molar-refractivity contribution is 7.03. The van der Waals surface area contributed by atoms with Gasteiger partial charge in [0.25, 0.3) is 0 Å². The molecule has 0 aliphatic carbocycles. The number of rotatable bonds is 2. The van der Waals surface area contributed by atoms with Gasteiger partial charge in [-0.3, -0.25) is 0 Å². The van der Waals surface area contributed by atoms with Crippen molar-refractivity contribution in [3.8, 4) is 0 Å². The number of hydrogen-bond donors (Lipinski definition) is 0. The minimum atomic E-state index is 0.748. The summed E-state index contributed by atoms with van der Waals surface area (Å²) < 4.78 is 3.77. The van der Waals surface area contributed by atoms with Crippen molar-refractivity contribution in [1.82, 2.24) is 9.59 Å². The molecule has 0 spiro atoms. The van der Waals surface area contributed by atoms with Crippen molar-refractivity contribution in [2.45, 2.75) is 0 Å². The van der Waals surface area contributed by atoms with Crippen LogP contribution in [0.25, 0.3) is 12.2 Å². The van der Waals surface area contributed by atoms with Crippen LogP contribution in [0, 0.1) is 0 Å². The highest BCUT2D eigenvalue weighted by Gasteiger charge is 1.90. The zero-order chi connectivity index (χ0) is 9.80. The second-order valence-electron chi connectivity index (χ2n) is 2.71. The Balaban J connectivity index is 2.15. The topological polar surface area (TPSA) is 25.8 Å². The molecule has 0 atom stereocenters. The third-order valence-corrected chi connectivity index (χ3v) is 2.47. The van der Waals surface area contributed by atoms with Crippen LogP contribution in [0.2, 0.25) is 5.02 Å². The van der Waals surface area contributed by atoms with E-state index in [4.69, 9.17) is 11.6 Å². The van der Waals surface area contributed by atoms with Gasteiger partial charge < -0.3 is 0 Å². The molecule has 1 aromatic carbocycles. The molecule has 14 heavy (non-hydrogen) atoms. The van der Waals surface area contributed by atoms with Crippen LogP contribution in [0.4, 0.5) is 0 Å². The maximum absolute atomic E-state index is 5.77. The van der Waals surface area contributed by atoms with Gasteiger partial charge in [0, 0.05) is 10.4 Å².